The number of aliphatic hydroxyl groups excluding tert-OH is 1. The standard InChI is InChI=1S/C9H10F6N2O2/c1-4(18)5-6(9(13,14)15)16-17(2)7(5)19-3-8(10,11)12/h4,18H,3H2,1-2H3. The van der Waals surface area contributed by atoms with Gasteiger partial charge in [-0.2, -0.15) is 31.4 Å². The highest BCUT2D eigenvalue weighted by atomic mass is 19.4. The van der Waals surface area contributed by atoms with Crippen LogP contribution in [-0.2, 0) is 13.2 Å². The first-order valence-electron chi connectivity index (χ1n) is 4.95. The summed E-state index contributed by atoms with van der Waals surface area (Å²) < 4.78 is 78.7. The normalized spacial score (nSPS) is 14.6. The summed E-state index contributed by atoms with van der Waals surface area (Å²) in [6.07, 6.45) is -11.3. The summed E-state index contributed by atoms with van der Waals surface area (Å²) in [5.41, 5.74) is -2.29. The zero-order chi connectivity index (χ0) is 15.0. The molecule has 0 saturated heterocycles. The van der Waals surface area contributed by atoms with E-state index in [-0.39, 0.29) is 0 Å². The number of hydrogen-bond acceptors (Lipinski definition) is 3. The third kappa shape index (κ3) is 3.75. The molecule has 0 aliphatic carbocycles. The maximum absolute atomic E-state index is 12.6. The largest absolute Gasteiger partial charge is 0.468 e. The van der Waals surface area contributed by atoms with Gasteiger partial charge in [-0.15, -0.1) is 0 Å². The lowest BCUT2D eigenvalue weighted by Gasteiger charge is -2.13. The minimum absolute atomic E-state index is 0.511. The second kappa shape index (κ2) is 4.91. The van der Waals surface area contributed by atoms with Gasteiger partial charge in [0.15, 0.2) is 12.3 Å². The van der Waals surface area contributed by atoms with Crippen molar-refractivity contribution in [2.45, 2.75) is 25.4 Å². The van der Waals surface area contributed by atoms with Gasteiger partial charge in [0.2, 0.25) is 5.88 Å². The number of nitrogens with zero attached hydrogens (tertiary/aromatic N) is 2. The van der Waals surface area contributed by atoms with E-state index in [9.17, 15) is 31.4 Å². The van der Waals surface area contributed by atoms with Crippen LogP contribution in [0, 0.1) is 0 Å². The van der Waals surface area contributed by atoms with Gasteiger partial charge in [0.25, 0.3) is 0 Å². The van der Waals surface area contributed by atoms with Crippen LogP contribution < -0.4 is 4.74 Å². The van der Waals surface area contributed by atoms with Crippen molar-refractivity contribution in [1.82, 2.24) is 9.78 Å². The zero-order valence-corrected chi connectivity index (χ0v) is 9.80. The maximum atomic E-state index is 12.6. The number of halogens is 6. The monoisotopic (exact) mass is 292 g/mol. The Morgan fingerprint density at radius 1 is 1.26 bits per heavy atom. The first kappa shape index (κ1) is 15.6. The SMILES string of the molecule is CC(O)c1c(C(F)(F)F)nn(C)c1OCC(F)(F)F. The van der Waals surface area contributed by atoms with Gasteiger partial charge in [-0.05, 0) is 6.92 Å². The number of rotatable bonds is 3. The lowest BCUT2D eigenvalue weighted by atomic mass is 10.1. The number of aryl methyl sites for hydroxylation is 1. The van der Waals surface area contributed by atoms with Gasteiger partial charge < -0.3 is 9.84 Å². The first-order chi connectivity index (χ1) is 8.43. The third-order valence-electron chi connectivity index (χ3n) is 2.09. The molecule has 1 atom stereocenters. The number of alkyl halides is 6. The molecule has 10 heteroatoms. The van der Waals surface area contributed by atoms with Gasteiger partial charge in [-0.1, -0.05) is 0 Å². The van der Waals surface area contributed by atoms with E-state index >= 15 is 0 Å². The van der Waals surface area contributed by atoms with Crippen molar-refractivity contribution in [2.24, 2.45) is 7.05 Å². The van der Waals surface area contributed by atoms with Crippen molar-refractivity contribution in [2.75, 3.05) is 6.61 Å². The van der Waals surface area contributed by atoms with Gasteiger partial charge in [0, 0.05) is 7.05 Å². The Hall–Kier alpha value is -1.45. The van der Waals surface area contributed by atoms with E-state index in [1.165, 1.54) is 0 Å². The molecule has 0 aromatic carbocycles. The molecular formula is C9H10F6N2O2. The molecule has 1 aromatic rings. The second-order valence-corrected chi connectivity index (χ2v) is 3.77. The van der Waals surface area contributed by atoms with Gasteiger partial charge >= 0.3 is 12.4 Å². The summed E-state index contributed by atoms with van der Waals surface area (Å²) in [6, 6.07) is 0. The van der Waals surface area contributed by atoms with E-state index in [0.29, 0.717) is 4.68 Å². The first-order valence-corrected chi connectivity index (χ1v) is 4.95. The molecule has 1 unspecified atom stereocenters. The average Bonchev–Trinajstić information content (AvgIpc) is 2.50. The van der Waals surface area contributed by atoms with Crippen LogP contribution in [0.2, 0.25) is 0 Å². The van der Waals surface area contributed by atoms with Gasteiger partial charge in [0.05, 0.1) is 11.7 Å². The molecule has 0 saturated carbocycles. The zero-order valence-electron chi connectivity index (χ0n) is 9.80. The molecule has 0 fully saturated rings. The van der Waals surface area contributed by atoms with Crippen molar-refractivity contribution in [3.05, 3.63) is 11.3 Å². The molecule has 0 bridgehead atoms. The average molecular weight is 292 g/mol. The van der Waals surface area contributed by atoms with Crippen molar-refractivity contribution >= 4 is 0 Å². The third-order valence-corrected chi connectivity index (χ3v) is 2.09. The summed E-state index contributed by atoms with van der Waals surface area (Å²) in [5, 5.41) is 12.3. The number of aliphatic hydroxyl groups is 1. The fourth-order valence-electron chi connectivity index (χ4n) is 1.43. The fraction of sp³-hybridized carbons (Fsp3) is 0.667. The van der Waals surface area contributed by atoms with E-state index in [1.807, 2.05) is 0 Å². The van der Waals surface area contributed by atoms with Gasteiger partial charge in [0.1, 0.15) is 0 Å². The smallest absolute Gasteiger partial charge is 0.435 e. The molecule has 0 aliphatic heterocycles. The summed E-state index contributed by atoms with van der Waals surface area (Å²) in [7, 11) is 0.993. The number of ether oxygens (including phenoxy) is 1. The Morgan fingerprint density at radius 2 is 1.79 bits per heavy atom. The van der Waals surface area contributed by atoms with Gasteiger partial charge in [-0.25, -0.2) is 4.68 Å². The molecule has 4 nitrogen and oxygen atoms in total. The fourth-order valence-corrected chi connectivity index (χ4v) is 1.43. The van der Waals surface area contributed by atoms with Crippen LogP contribution in [0.5, 0.6) is 5.88 Å². The van der Waals surface area contributed by atoms with Crippen LogP contribution >= 0.6 is 0 Å². The molecule has 1 heterocycles. The molecule has 0 aliphatic rings. The van der Waals surface area contributed by atoms with Crippen LogP contribution in [0.4, 0.5) is 26.3 Å². The van der Waals surface area contributed by atoms with Crippen molar-refractivity contribution < 1.29 is 36.2 Å². The van der Waals surface area contributed by atoms with E-state index in [4.69, 9.17) is 0 Å². The molecule has 0 spiro atoms. The highest BCUT2D eigenvalue weighted by Crippen LogP contribution is 2.38. The van der Waals surface area contributed by atoms with E-state index in [0.717, 1.165) is 14.0 Å². The predicted octanol–water partition coefficient (Wildman–Crippen LogP) is 2.43. The van der Waals surface area contributed by atoms with Crippen molar-refractivity contribution in [1.29, 1.82) is 0 Å². The molecular weight excluding hydrogens is 282 g/mol. The topological polar surface area (TPSA) is 47.3 Å². The predicted molar refractivity (Wildman–Crippen MR) is 50.4 cm³/mol. The summed E-state index contributed by atoms with van der Waals surface area (Å²) >= 11 is 0. The van der Waals surface area contributed by atoms with Crippen molar-refractivity contribution in [3.63, 3.8) is 0 Å². The van der Waals surface area contributed by atoms with Gasteiger partial charge in [-0.3, -0.25) is 0 Å². The molecule has 1 rings (SSSR count). The Bertz CT molecular complexity index is 449. The summed E-state index contributed by atoms with van der Waals surface area (Å²) in [4.78, 5) is 0. The Morgan fingerprint density at radius 3 is 2.16 bits per heavy atom. The lowest BCUT2D eigenvalue weighted by Crippen LogP contribution is -2.21. The Balaban J connectivity index is 3.21. The molecule has 1 aromatic heterocycles. The highest BCUT2D eigenvalue weighted by molar-refractivity contribution is 5.35. The second-order valence-electron chi connectivity index (χ2n) is 3.77. The molecule has 0 radical (unpaired) electrons. The van der Waals surface area contributed by atoms with E-state index in [2.05, 4.69) is 9.84 Å². The quantitative estimate of drug-likeness (QED) is 0.870. The highest BCUT2D eigenvalue weighted by Gasteiger charge is 2.41. The molecule has 110 valence electrons. The maximum Gasteiger partial charge on any atom is 0.435 e. The van der Waals surface area contributed by atoms with Crippen LogP contribution in [0.15, 0.2) is 0 Å². The van der Waals surface area contributed by atoms with Crippen LogP contribution in [-0.4, -0.2) is 27.7 Å². The minimum atomic E-state index is -4.90. The van der Waals surface area contributed by atoms with Crippen molar-refractivity contribution in [3.8, 4) is 5.88 Å². The van der Waals surface area contributed by atoms with Crippen LogP contribution in [0.1, 0.15) is 24.3 Å². The van der Waals surface area contributed by atoms with Crippen LogP contribution in [0.3, 0.4) is 0 Å². The van der Waals surface area contributed by atoms with Crippen LogP contribution in [0.25, 0.3) is 0 Å². The van der Waals surface area contributed by atoms with E-state index < -0.39 is 42.2 Å². The summed E-state index contributed by atoms with van der Waals surface area (Å²) in [5.74, 6) is -0.764. The van der Waals surface area contributed by atoms with E-state index in [1.54, 1.807) is 0 Å². The molecule has 1 N–H and O–H groups in total. The number of aromatic nitrogens is 2. The number of hydrogen-bond donors (Lipinski definition) is 1. The molecule has 0 amide bonds. The summed E-state index contributed by atoms with van der Waals surface area (Å²) in [6.45, 7) is -0.795. The Labute approximate surface area is 103 Å². The minimum Gasteiger partial charge on any atom is -0.468 e. The Kier molecular flexibility index (Phi) is 4.03. The molecule has 19 heavy (non-hydrogen) atoms. The lowest BCUT2D eigenvalue weighted by molar-refractivity contribution is -0.154.